The number of carbonyl (C=O) groups excluding carboxylic acids is 1. The van der Waals surface area contributed by atoms with Gasteiger partial charge in [-0.3, -0.25) is 4.79 Å². The molecule has 9 heteroatoms. The Balaban J connectivity index is 1.83. The molecule has 6 N–H and O–H groups in total. The van der Waals surface area contributed by atoms with Crippen LogP contribution in [0.2, 0.25) is 0 Å². The molecule has 1 aromatic carbocycles. The molecule has 2 aromatic rings. The van der Waals surface area contributed by atoms with E-state index in [1.54, 1.807) is 12.1 Å². The number of aromatic nitrogens is 2. The molecule has 1 aliphatic rings. The number of nitrogens with zero attached hydrogens (tertiary/aromatic N) is 2. The lowest BCUT2D eigenvalue weighted by atomic mass is 10.2. The lowest BCUT2D eigenvalue weighted by molar-refractivity contribution is 0.100. The minimum absolute atomic E-state index is 0.150. The molecule has 1 aliphatic heterocycles. The molecule has 1 aromatic heterocycles. The van der Waals surface area contributed by atoms with Crippen LogP contribution in [0.5, 0.6) is 5.75 Å². The zero-order valence-corrected chi connectivity index (χ0v) is 13.8. The van der Waals surface area contributed by atoms with Crippen molar-refractivity contribution in [1.82, 2.24) is 9.97 Å². The minimum atomic E-state index is -0.652. The van der Waals surface area contributed by atoms with Gasteiger partial charge >= 0.3 is 0 Å². The summed E-state index contributed by atoms with van der Waals surface area (Å²) in [7, 11) is 0. The number of benzene rings is 1. The number of amides is 1. The fourth-order valence-corrected chi connectivity index (χ4v) is 2.37. The molecule has 9 nitrogen and oxygen atoms in total. The highest BCUT2D eigenvalue weighted by Gasteiger charge is 2.16. The smallest absolute Gasteiger partial charge is 0.254 e. The number of aliphatic hydroxyl groups excluding tert-OH is 1. The van der Waals surface area contributed by atoms with Gasteiger partial charge < -0.3 is 31.5 Å². The van der Waals surface area contributed by atoms with Gasteiger partial charge in [0, 0.05) is 18.4 Å². The largest absolute Gasteiger partial charge is 0.489 e. The minimum Gasteiger partial charge on any atom is -0.489 e. The van der Waals surface area contributed by atoms with Gasteiger partial charge in [0.25, 0.3) is 5.91 Å². The second kappa shape index (κ2) is 7.58. The molecular formula is C17H18N6O3. The summed E-state index contributed by atoms with van der Waals surface area (Å²) >= 11 is 0. The van der Waals surface area contributed by atoms with Crippen molar-refractivity contribution in [2.75, 3.05) is 35.6 Å². The molecule has 0 saturated heterocycles. The first-order chi connectivity index (χ1) is 12.6. The topological polar surface area (TPSA) is 134 Å². The number of terminal acetylenes is 1. The number of carbonyl (C=O) groups is 1. The zero-order chi connectivity index (χ0) is 18.5. The van der Waals surface area contributed by atoms with Gasteiger partial charge in [0.15, 0.2) is 0 Å². The number of hydrogen-bond donors (Lipinski definition) is 5. The molecule has 0 radical (unpaired) electrons. The van der Waals surface area contributed by atoms with Gasteiger partial charge in [0.05, 0.1) is 17.8 Å². The third-order valence-electron chi connectivity index (χ3n) is 3.61. The maximum atomic E-state index is 11.5. The Morgan fingerprint density at radius 3 is 3.15 bits per heavy atom. The highest BCUT2D eigenvalue weighted by atomic mass is 16.5. The molecule has 0 unspecified atom stereocenters. The normalized spacial score (nSPS) is 15.5. The van der Waals surface area contributed by atoms with Crippen molar-refractivity contribution in [2.45, 2.75) is 6.10 Å². The first-order valence-electron chi connectivity index (χ1n) is 7.87. The van der Waals surface area contributed by atoms with Gasteiger partial charge in [-0.05, 0) is 18.2 Å². The van der Waals surface area contributed by atoms with E-state index in [-0.39, 0.29) is 30.5 Å². The van der Waals surface area contributed by atoms with E-state index < -0.39 is 12.0 Å². The Hall–Kier alpha value is -3.51. The van der Waals surface area contributed by atoms with E-state index in [4.69, 9.17) is 16.9 Å². The number of ether oxygens (including phenoxy) is 1. The van der Waals surface area contributed by atoms with Gasteiger partial charge in [0.2, 0.25) is 5.95 Å². The predicted octanol–water partition coefficient (Wildman–Crippen LogP) is 0.529. The maximum Gasteiger partial charge on any atom is 0.254 e. The summed E-state index contributed by atoms with van der Waals surface area (Å²) < 4.78 is 5.52. The van der Waals surface area contributed by atoms with Gasteiger partial charge in [-0.15, -0.1) is 6.42 Å². The maximum absolute atomic E-state index is 11.5. The summed E-state index contributed by atoms with van der Waals surface area (Å²) in [6.45, 7) is 0.814. The summed E-state index contributed by atoms with van der Waals surface area (Å²) in [6, 6.07) is 5.38. The van der Waals surface area contributed by atoms with Crippen LogP contribution in [0.1, 0.15) is 10.4 Å². The van der Waals surface area contributed by atoms with Crippen LogP contribution < -0.4 is 26.4 Å². The highest BCUT2D eigenvalue weighted by molar-refractivity contribution is 5.97. The van der Waals surface area contributed by atoms with E-state index in [1.165, 1.54) is 6.20 Å². The van der Waals surface area contributed by atoms with Gasteiger partial charge in [-0.1, -0.05) is 5.92 Å². The number of hydrogen-bond acceptors (Lipinski definition) is 8. The van der Waals surface area contributed by atoms with Crippen molar-refractivity contribution in [3.05, 3.63) is 30.0 Å². The first-order valence-corrected chi connectivity index (χ1v) is 7.87. The van der Waals surface area contributed by atoms with Crippen LogP contribution in [0.4, 0.5) is 23.1 Å². The molecule has 0 spiro atoms. The quantitative estimate of drug-likeness (QED) is 0.491. The number of rotatable bonds is 5. The van der Waals surface area contributed by atoms with Crippen molar-refractivity contribution < 1.29 is 14.6 Å². The van der Waals surface area contributed by atoms with Crippen molar-refractivity contribution >= 4 is 29.0 Å². The number of aliphatic hydroxyl groups is 1. The fraction of sp³-hybridized carbons (Fsp3) is 0.235. The average Bonchev–Trinajstić information content (AvgIpc) is 2.81. The van der Waals surface area contributed by atoms with Crippen LogP contribution >= 0.6 is 0 Å². The Kier molecular flexibility index (Phi) is 5.05. The standard InChI is InChI=1S/C17H18N6O3/c1-2-5-19-16-12(15(18)25)8-21-17(23-16)22-10-3-4-14-13(6-10)20-7-11(24)9-26-14/h1,3-4,6,8,11,20,24H,5,7,9H2,(H2,18,25)(H2,19,21,22,23)/t11-/m0/s1. The van der Waals surface area contributed by atoms with Gasteiger partial charge in [0.1, 0.15) is 24.3 Å². The predicted molar refractivity (Wildman–Crippen MR) is 97.6 cm³/mol. The number of fused-ring (bicyclic) bond motifs is 1. The zero-order valence-electron chi connectivity index (χ0n) is 13.8. The van der Waals surface area contributed by atoms with Crippen molar-refractivity contribution in [2.24, 2.45) is 5.73 Å². The second-order valence-corrected chi connectivity index (χ2v) is 5.56. The Labute approximate surface area is 150 Å². The molecule has 3 rings (SSSR count). The first kappa shape index (κ1) is 17.3. The van der Waals surface area contributed by atoms with Gasteiger partial charge in [-0.2, -0.15) is 4.98 Å². The van der Waals surface area contributed by atoms with Gasteiger partial charge in [-0.25, -0.2) is 4.98 Å². The van der Waals surface area contributed by atoms with Crippen LogP contribution in [-0.4, -0.2) is 46.8 Å². The molecular weight excluding hydrogens is 336 g/mol. The Morgan fingerprint density at radius 2 is 2.38 bits per heavy atom. The van der Waals surface area contributed by atoms with Crippen LogP contribution in [0.25, 0.3) is 0 Å². The molecule has 2 heterocycles. The lowest BCUT2D eigenvalue weighted by Gasteiger charge is -2.12. The third kappa shape index (κ3) is 3.93. The number of β-amino-alcohol motifs (C(OH)–C–C–N with tert-alkyl or cyclic N) is 1. The molecule has 1 atom stereocenters. The number of primary amides is 1. The molecule has 26 heavy (non-hydrogen) atoms. The lowest BCUT2D eigenvalue weighted by Crippen LogP contribution is -2.23. The molecule has 134 valence electrons. The van der Waals surface area contributed by atoms with Crippen LogP contribution in [-0.2, 0) is 0 Å². The molecule has 0 bridgehead atoms. The summed E-state index contributed by atoms with van der Waals surface area (Å²) in [4.78, 5) is 19.8. The van der Waals surface area contributed by atoms with E-state index in [1.807, 2.05) is 6.07 Å². The van der Waals surface area contributed by atoms with Crippen molar-refractivity contribution in [3.63, 3.8) is 0 Å². The summed E-state index contributed by atoms with van der Waals surface area (Å²) in [6.07, 6.45) is 5.98. The number of nitrogens with two attached hydrogens (primary N) is 1. The van der Waals surface area contributed by atoms with Crippen LogP contribution in [0.3, 0.4) is 0 Å². The van der Waals surface area contributed by atoms with Crippen LogP contribution in [0.15, 0.2) is 24.4 Å². The SMILES string of the molecule is C#CCNc1nc(Nc2ccc3c(c2)NC[C@H](O)CO3)ncc1C(N)=O. The fourth-order valence-electron chi connectivity index (χ4n) is 2.37. The van der Waals surface area contributed by atoms with E-state index in [0.717, 1.165) is 5.69 Å². The average molecular weight is 354 g/mol. The molecule has 1 amide bonds. The Morgan fingerprint density at radius 1 is 1.54 bits per heavy atom. The number of anilines is 4. The molecule has 0 fully saturated rings. The highest BCUT2D eigenvalue weighted by Crippen LogP contribution is 2.30. The molecule has 0 aliphatic carbocycles. The van der Waals surface area contributed by atoms with E-state index in [2.05, 4.69) is 31.8 Å². The van der Waals surface area contributed by atoms with Crippen molar-refractivity contribution in [3.8, 4) is 18.1 Å². The number of nitrogens with one attached hydrogen (secondary N) is 3. The summed E-state index contributed by atoms with van der Waals surface area (Å²) in [5.41, 5.74) is 6.91. The monoisotopic (exact) mass is 354 g/mol. The van der Waals surface area contributed by atoms with E-state index >= 15 is 0 Å². The van der Waals surface area contributed by atoms with E-state index in [0.29, 0.717) is 18.0 Å². The second-order valence-electron chi connectivity index (χ2n) is 5.56. The molecule has 0 saturated carbocycles. The van der Waals surface area contributed by atoms with Crippen molar-refractivity contribution in [1.29, 1.82) is 0 Å². The van der Waals surface area contributed by atoms with E-state index in [9.17, 15) is 9.90 Å². The third-order valence-corrected chi connectivity index (χ3v) is 3.61. The Bertz CT molecular complexity index is 864. The van der Waals surface area contributed by atoms with Crippen LogP contribution in [0, 0.1) is 12.3 Å². The summed E-state index contributed by atoms with van der Waals surface area (Å²) in [5.74, 6) is 2.93. The summed E-state index contributed by atoms with van der Waals surface area (Å²) in [5, 5.41) is 18.7.